The first-order valence-electron chi connectivity index (χ1n) is 5.61. The number of nitrogens with zero attached hydrogens (tertiary/aromatic N) is 1. The monoisotopic (exact) mass is 203 g/mol. The van der Waals surface area contributed by atoms with Gasteiger partial charge in [-0.15, -0.1) is 0 Å². The van der Waals surface area contributed by atoms with Crippen LogP contribution in [-0.2, 0) is 0 Å². The Morgan fingerprint density at radius 3 is 2.40 bits per heavy atom. The second-order valence-electron chi connectivity index (χ2n) is 4.21. The summed E-state index contributed by atoms with van der Waals surface area (Å²) < 4.78 is 0. The number of aliphatic imine (C=N–C) groups is 1. The van der Waals surface area contributed by atoms with E-state index in [1.807, 2.05) is 30.3 Å². The van der Waals surface area contributed by atoms with Gasteiger partial charge >= 0.3 is 0 Å². The average molecular weight is 203 g/mol. The van der Waals surface area contributed by atoms with Crippen LogP contribution in [0, 0.1) is 0 Å². The first kappa shape index (κ1) is 10.4. The van der Waals surface area contributed by atoms with Crippen LogP contribution >= 0.6 is 0 Å². The number of aliphatic hydroxyl groups is 1. The van der Waals surface area contributed by atoms with Gasteiger partial charge in [-0.05, 0) is 31.2 Å². The van der Waals surface area contributed by atoms with Crippen molar-refractivity contribution in [1.29, 1.82) is 0 Å². The maximum Gasteiger partial charge on any atom is 0.155 e. The summed E-state index contributed by atoms with van der Waals surface area (Å²) in [5.41, 5.74) is 0.255. The van der Waals surface area contributed by atoms with Crippen LogP contribution in [0.3, 0.4) is 0 Å². The van der Waals surface area contributed by atoms with E-state index in [0.717, 1.165) is 31.2 Å². The summed E-state index contributed by atoms with van der Waals surface area (Å²) in [6, 6.07) is 9.93. The quantitative estimate of drug-likeness (QED) is 0.736. The van der Waals surface area contributed by atoms with E-state index in [1.54, 1.807) is 6.21 Å². The third-order valence-electron chi connectivity index (χ3n) is 2.91. The van der Waals surface area contributed by atoms with Gasteiger partial charge < -0.3 is 5.11 Å². The summed E-state index contributed by atoms with van der Waals surface area (Å²) in [4.78, 5) is 4.32. The summed E-state index contributed by atoms with van der Waals surface area (Å²) >= 11 is 0. The molecule has 0 atom stereocenters. The van der Waals surface area contributed by atoms with Gasteiger partial charge in [0.25, 0.3) is 0 Å². The van der Waals surface area contributed by atoms with Crippen LogP contribution in [-0.4, -0.2) is 17.0 Å². The fraction of sp³-hybridized carbons (Fsp3) is 0.462. The molecule has 1 saturated carbocycles. The van der Waals surface area contributed by atoms with Crippen LogP contribution in [0.4, 0.5) is 0 Å². The molecule has 80 valence electrons. The van der Waals surface area contributed by atoms with Gasteiger partial charge in [0.05, 0.1) is 0 Å². The summed E-state index contributed by atoms with van der Waals surface area (Å²) in [7, 11) is 0. The fourth-order valence-corrected chi connectivity index (χ4v) is 1.98. The highest BCUT2D eigenvalue weighted by molar-refractivity contribution is 5.79. The van der Waals surface area contributed by atoms with Crippen molar-refractivity contribution in [2.45, 2.75) is 37.8 Å². The van der Waals surface area contributed by atoms with Gasteiger partial charge in [0.15, 0.2) is 5.72 Å². The van der Waals surface area contributed by atoms with Gasteiger partial charge in [-0.25, -0.2) is 0 Å². The molecule has 2 nitrogen and oxygen atoms in total. The van der Waals surface area contributed by atoms with Crippen molar-refractivity contribution in [3.05, 3.63) is 35.9 Å². The molecule has 0 aromatic heterocycles. The highest BCUT2D eigenvalue weighted by Gasteiger charge is 2.27. The zero-order chi connectivity index (χ0) is 10.6. The standard InChI is InChI=1S/C13H17NO/c15-13(9-5-2-6-10-13)14-11-12-7-3-1-4-8-12/h1,3-4,7-8,11,15H,2,5-6,9-10H2/b14-11+. The fourth-order valence-electron chi connectivity index (χ4n) is 1.98. The third kappa shape index (κ3) is 2.90. The first-order valence-corrected chi connectivity index (χ1v) is 5.61. The lowest BCUT2D eigenvalue weighted by Gasteiger charge is -2.27. The third-order valence-corrected chi connectivity index (χ3v) is 2.91. The summed E-state index contributed by atoms with van der Waals surface area (Å²) in [5.74, 6) is 0. The maximum atomic E-state index is 10.1. The van der Waals surface area contributed by atoms with Crippen LogP contribution in [0.1, 0.15) is 37.7 Å². The van der Waals surface area contributed by atoms with Crippen molar-refractivity contribution in [2.24, 2.45) is 4.99 Å². The number of rotatable bonds is 2. The molecule has 0 unspecified atom stereocenters. The van der Waals surface area contributed by atoms with Crippen LogP contribution in [0.2, 0.25) is 0 Å². The number of hydrogen-bond acceptors (Lipinski definition) is 2. The first-order chi connectivity index (χ1) is 7.29. The van der Waals surface area contributed by atoms with E-state index in [9.17, 15) is 5.11 Å². The van der Waals surface area contributed by atoms with Gasteiger partial charge in [0, 0.05) is 6.21 Å². The van der Waals surface area contributed by atoms with Crippen LogP contribution < -0.4 is 0 Å². The van der Waals surface area contributed by atoms with Crippen molar-refractivity contribution in [1.82, 2.24) is 0 Å². The molecule has 0 spiro atoms. The molecule has 15 heavy (non-hydrogen) atoms. The summed E-state index contributed by atoms with van der Waals surface area (Å²) in [5, 5.41) is 10.1. The minimum absolute atomic E-state index is 0.798. The lowest BCUT2D eigenvalue weighted by Crippen LogP contribution is -2.28. The van der Waals surface area contributed by atoms with Gasteiger partial charge in [0.2, 0.25) is 0 Å². The molecule has 1 N–H and O–H groups in total. The zero-order valence-electron chi connectivity index (χ0n) is 8.89. The predicted molar refractivity (Wildman–Crippen MR) is 62.1 cm³/mol. The predicted octanol–water partition coefficient (Wildman–Crippen LogP) is 2.76. The molecular weight excluding hydrogens is 186 g/mol. The minimum Gasteiger partial charge on any atom is -0.369 e. The van der Waals surface area contributed by atoms with Crippen molar-refractivity contribution in [3.63, 3.8) is 0 Å². The Morgan fingerprint density at radius 1 is 1.07 bits per heavy atom. The van der Waals surface area contributed by atoms with Gasteiger partial charge in [0.1, 0.15) is 0 Å². The second-order valence-corrected chi connectivity index (χ2v) is 4.21. The van der Waals surface area contributed by atoms with E-state index in [2.05, 4.69) is 4.99 Å². The molecule has 2 heteroatoms. The highest BCUT2D eigenvalue weighted by atomic mass is 16.3. The van der Waals surface area contributed by atoms with Gasteiger partial charge in [-0.1, -0.05) is 36.8 Å². The molecule has 1 aliphatic carbocycles. The SMILES string of the molecule is OC1(/N=C/c2ccccc2)CCCCC1. The minimum atomic E-state index is -0.798. The van der Waals surface area contributed by atoms with Crippen molar-refractivity contribution < 1.29 is 5.11 Å². The van der Waals surface area contributed by atoms with E-state index >= 15 is 0 Å². The van der Waals surface area contributed by atoms with Crippen molar-refractivity contribution in [3.8, 4) is 0 Å². The van der Waals surface area contributed by atoms with E-state index in [1.165, 1.54) is 6.42 Å². The van der Waals surface area contributed by atoms with Crippen LogP contribution in [0.25, 0.3) is 0 Å². The molecule has 0 amide bonds. The molecule has 2 rings (SSSR count). The molecule has 1 aliphatic rings. The zero-order valence-corrected chi connectivity index (χ0v) is 8.89. The summed E-state index contributed by atoms with van der Waals surface area (Å²) in [6.45, 7) is 0. The van der Waals surface area contributed by atoms with E-state index in [0.29, 0.717) is 0 Å². The molecule has 0 aliphatic heterocycles. The summed E-state index contributed by atoms with van der Waals surface area (Å²) in [6.07, 6.45) is 6.78. The van der Waals surface area contributed by atoms with Gasteiger partial charge in [-0.3, -0.25) is 4.99 Å². The normalized spacial score (nSPS) is 20.6. The number of benzene rings is 1. The topological polar surface area (TPSA) is 32.6 Å². The Balaban J connectivity index is 2.04. The molecule has 0 radical (unpaired) electrons. The van der Waals surface area contributed by atoms with Crippen LogP contribution in [0.15, 0.2) is 35.3 Å². The Kier molecular flexibility index (Phi) is 3.17. The molecular formula is C13H17NO. The molecule has 0 bridgehead atoms. The maximum absolute atomic E-state index is 10.1. The van der Waals surface area contributed by atoms with Crippen LogP contribution in [0.5, 0.6) is 0 Å². The molecule has 1 fully saturated rings. The largest absolute Gasteiger partial charge is 0.369 e. The number of hydrogen-bond donors (Lipinski definition) is 1. The Bertz CT molecular complexity index is 326. The van der Waals surface area contributed by atoms with E-state index in [4.69, 9.17) is 0 Å². The molecule has 1 aromatic carbocycles. The molecule has 0 heterocycles. The highest BCUT2D eigenvalue weighted by Crippen LogP contribution is 2.28. The van der Waals surface area contributed by atoms with Crippen molar-refractivity contribution >= 4 is 6.21 Å². The van der Waals surface area contributed by atoms with E-state index in [-0.39, 0.29) is 0 Å². The lowest BCUT2D eigenvalue weighted by atomic mass is 9.92. The average Bonchev–Trinajstić information content (AvgIpc) is 2.29. The second kappa shape index (κ2) is 4.58. The van der Waals surface area contributed by atoms with Crippen molar-refractivity contribution in [2.75, 3.05) is 0 Å². The molecule has 0 saturated heterocycles. The Labute approximate surface area is 90.7 Å². The molecule has 1 aromatic rings. The lowest BCUT2D eigenvalue weighted by molar-refractivity contribution is 0.0135. The van der Waals surface area contributed by atoms with Gasteiger partial charge in [-0.2, -0.15) is 0 Å². The van der Waals surface area contributed by atoms with E-state index < -0.39 is 5.72 Å². The Hall–Kier alpha value is -1.15. The smallest absolute Gasteiger partial charge is 0.155 e. The Morgan fingerprint density at radius 2 is 1.73 bits per heavy atom.